The molecule has 0 aliphatic rings. The number of rotatable bonds is 8. The Morgan fingerprint density at radius 3 is 2.96 bits per heavy atom. The summed E-state index contributed by atoms with van der Waals surface area (Å²) in [6, 6.07) is -1.26. The Hall–Kier alpha value is -2.50. The van der Waals surface area contributed by atoms with Gasteiger partial charge in [-0.25, -0.2) is 4.98 Å². The lowest BCUT2D eigenvalue weighted by Crippen LogP contribution is -2.39. The maximum Gasteiger partial charge on any atom is 0.323 e. The minimum atomic E-state index is -3.64. The quantitative estimate of drug-likeness (QED) is 0.412. The summed E-state index contributed by atoms with van der Waals surface area (Å²) in [6.07, 6.45) is -2.41. The third-order valence-electron chi connectivity index (χ3n) is 3.18. The zero-order chi connectivity index (χ0) is 23.1. The smallest absolute Gasteiger partial charge is 0.323 e. The van der Waals surface area contributed by atoms with E-state index in [2.05, 4.69) is 19.7 Å². The van der Waals surface area contributed by atoms with Crippen molar-refractivity contribution in [2.75, 3.05) is 18.9 Å². The van der Waals surface area contributed by atoms with E-state index in [0.717, 1.165) is 10.9 Å². The number of aliphatic hydroxyl groups is 1. The molecule has 0 spiro atoms. The Morgan fingerprint density at radius 1 is 1.60 bits per heavy atom. The van der Waals surface area contributed by atoms with Gasteiger partial charge in [-0.1, -0.05) is 13.8 Å². The maximum absolute atomic E-state index is 12.0. The highest BCUT2D eigenvalue weighted by atomic mass is 16.6. The number of ether oxygens (including phenoxy) is 2. The van der Waals surface area contributed by atoms with Crippen LogP contribution in [0.1, 0.15) is 20.7 Å². The van der Waals surface area contributed by atoms with Crippen molar-refractivity contribution in [3.63, 3.8) is 0 Å². The average molecular weight is 359 g/mol. The highest BCUT2D eigenvalue weighted by Gasteiger charge is 2.21. The molecule has 0 aliphatic heterocycles. The molecule has 0 saturated heterocycles. The van der Waals surface area contributed by atoms with E-state index in [1.165, 1.54) is 0 Å². The van der Waals surface area contributed by atoms with Gasteiger partial charge in [0.25, 0.3) is 5.56 Å². The van der Waals surface area contributed by atoms with E-state index in [0.29, 0.717) is 0 Å². The number of imidazole rings is 1. The number of nitrogens with two attached hydrogens (primary N) is 2. The first kappa shape index (κ1) is 12.8. The van der Waals surface area contributed by atoms with Crippen LogP contribution in [0.2, 0.25) is 0 Å². The molecule has 0 amide bonds. The summed E-state index contributed by atoms with van der Waals surface area (Å²) in [5, 5.41) is 9.81. The number of anilines is 1. The topological polar surface area (TPSA) is 171 Å². The number of fused-ring (bicyclic) bond motifs is 1. The van der Waals surface area contributed by atoms with Gasteiger partial charge in [0.2, 0.25) is 5.95 Å². The van der Waals surface area contributed by atoms with Crippen molar-refractivity contribution in [1.82, 2.24) is 19.5 Å². The van der Waals surface area contributed by atoms with Crippen LogP contribution in [0.5, 0.6) is 0 Å². The van der Waals surface area contributed by atoms with Crippen molar-refractivity contribution < 1.29 is 26.2 Å². The number of carbonyl (C=O) groups is 1. The number of H-pyrrole nitrogens is 1. The lowest BCUT2D eigenvalue weighted by molar-refractivity contribution is -0.153. The summed E-state index contributed by atoms with van der Waals surface area (Å²) in [5.41, 5.74) is 10.1. The number of carbonyl (C=O) groups excluding carboxylic acids is 1. The van der Waals surface area contributed by atoms with E-state index < -0.39 is 49.4 Å². The second kappa shape index (κ2) is 8.05. The second-order valence-electron chi connectivity index (χ2n) is 5.35. The van der Waals surface area contributed by atoms with Crippen molar-refractivity contribution >= 4 is 23.1 Å². The molecule has 6 N–H and O–H groups in total. The Balaban J connectivity index is 2.36. The average Bonchev–Trinajstić information content (AvgIpc) is 3.00. The van der Waals surface area contributed by atoms with Gasteiger partial charge in [0.15, 0.2) is 11.2 Å². The molecule has 11 nitrogen and oxygen atoms in total. The molecule has 138 valence electrons. The molecular weight excluding hydrogens is 332 g/mol. The van der Waals surface area contributed by atoms with Crippen LogP contribution in [0.25, 0.3) is 11.2 Å². The van der Waals surface area contributed by atoms with Gasteiger partial charge in [-0.3, -0.25) is 19.1 Å². The molecular formula is C14H22N6O5. The number of esters is 1. The van der Waals surface area contributed by atoms with Gasteiger partial charge in [0.1, 0.15) is 25.4 Å². The molecule has 2 rings (SSSR count). The van der Waals surface area contributed by atoms with Crippen LogP contribution < -0.4 is 17.0 Å². The van der Waals surface area contributed by atoms with E-state index in [-0.39, 0.29) is 17.1 Å². The first-order chi connectivity index (χ1) is 13.6. The Kier molecular flexibility index (Phi) is 4.12. The van der Waals surface area contributed by atoms with E-state index in [9.17, 15) is 14.7 Å². The van der Waals surface area contributed by atoms with Gasteiger partial charge >= 0.3 is 5.97 Å². The molecule has 11 heteroatoms. The second-order valence-corrected chi connectivity index (χ2v) is 5.35. The summed E-state index contributed by atoms with van der Waals surface area (Å²) >= 11 is 0. The molecule has 2 atom stereocenters. The minimum Gasteiger partial charge on any atom is -0.462 e. The highest BCUT2D eigenvalue weighted by Crippen LogP contribution is 2.08. The van der Waals surface area contributed by atoms with Crippen molar-refractivity contribution in [2.24, 2.45) is 11.7 Å². The normalized spacial score (nSPS) is 19.3. The summed E-state index contributed by atoms with van der Waals surface area (Å²) in [6.45, 7) is -4.78. The van der Waals surface area contributed by atoms with Crippen LogP contribution >= 0.6 is 0 Å². The summed E-state index contributed by atoms with van der Waals surface area (Å²) in [5.74, 6) is -1.95. The fourth-order valence-corrected chi connectivity index (χ4v) is 1.72. The first-order valence-corrected chi connectivity index (χ1v) is 7.16. The first-order valence-electron chi connectivity index (χ1n) is 9.66. The summed E-state index contributed by atoms with van der Waals surface area (Å²) in [4.78, 5) is 33.7. The number of nitrogens with one attached hydrogen (secondary N) is 1. The standard InChI is InChI=1S/C14H22N6O5/c1-7(2)9(15)13(23)24-4-8(3-21)25-6-20-5-17-10-11(20)18-14(16)19-12(10)22/h5,7-9,21H,3-4,6,15H2,1-2H3,(H3,16,18,19,22)/t8?,9-/m1/s1/i3D2,4D2,8D. The predicted octanol–water partition coefficient (Wildman–Crippen LogP) is -1.44. The number of nitrogen functional groups attached to an aromatic ring is 1. The summed E-state index contributed by atoms with van der Waals surface area (Å²) < 4.78 is 49.5. The van der Waals surface area contributed by atoms with Gasteiger partial charge in [0.05, 0.1) is 19.7 Å². The Labute approximate surface area is 150 Å². The van der Waals surface area contributed by atoms with Gasteiger partial charge in [-0.15, -0.1) is 0 Å². The predicted molar refractivity (Wildman–Crippen MR) is 88.3 cm³/mol. The lowest BCUT2D eigenvalue weighted by Gasteiger charge is -2.19. The van der Waals surface area contributed by atoms with Crippen LogP contribution in [-0.4, -0.2) is 55.8 Å². The van der Waals surface area contributed by atoms with Crippen LogP contribution in [-0.2, 0) is 21.0 Å². The molecule has 2 aromatic rings. The molecule has 2 heterocycles. The molecule has 0 fully saturated rings. The zero-order valence-corrected chi connectivity index (χ0v) is 13.5. The highest BCUT2D eigenvalue weighted by molar-refractivity contribution is 5.75. The third-order valence-corrected chi connectivity index (χ3v) is 3.18. The van der Waals surface area contributed by atoms with E-state index in [4.69, 9.17) is 23.1 Å². The van der Waals surface area contributed by atoms with Crippen LogP contribution in [0.3, 0.4) is 0 Å². The number of hydrogen-bond donors (Lipinski definition) is 4. The van der Waals surface area contributed by atoms with Crippen molar-refractivity contribution in [2.45, 2.75) is 32.7 Å². The molecule has 0 aromatic carbocycles. The van der Waals surface area contributed by atoms with Crippen LogP contribution in [0.4, 0.5) is 5.95 Å². The molecule has 2 aromatic heterocycles. The largest absolute Gasteiger partial charge is 0.462 e. The fourth-order valence-electron chi connectivity index (χ4n) is 1.72. The molecule has 0 bridgehead atoms. The lowest BCUT2D eigenvalue weighted by atomic mass is 10.1. The van der Waals surface area contributed by atoms with Gasteiger partial charge in [-0.2, -0.15) is 4.98 Å². The minimum absolute atomic E-state index is 0.100. The maximum atomic E-state index is 12.0. The Bertz CT molecular complexity index is 990. The number of aromatic amines is 1. The molecule has 1 unspecified atom stereocenters. The van der Waals surface area contributed by atoms with Gasteiger partial charge in [0, 0.05) is 0 Å². The molecule has 0 radical (unpaired) electrons. The van der Waals surface area contributed by atoms with Gasteiger partial charge < -0.3 is 26.0 Å². The van der Waals surface area contributed by atoms with E-state index in [1.807, 2.05) is 0 Å². The number of nitrogens with zero attached hydrogens (tertiary/aromatic N) is 3. The zero-order valence-electron chi connectivity index (χ0n) is 18.5. The molecule has 0 aliphatic carbocycles. The fraction of sp³-hybridized carbons (Fsp3) is 0.571. The molecule has 25 heavy (non-hydrogen) atoms. The van der Waals surface area contributed by atoms with Gasteiger partial charge in [-0.05, 0) is 5.92 Å². The number of aromatic nitrogens is 4. The third kappa shape index (κ3) is 4.53. The monoisotopic (exact) mass is 359 g/mol. The van der Waals surface area contributed by atoms with Crippen molar-refractivity contribution in [3.8, 4) is 0 Å². The SMILES string of the molecule is [2H]C([2H])(O)C([2H])(OCn1cnc2c(=O)[nH]c(N)nc21)C([2H])([2H])OC(=O)[C@H](N)C(C)C. The van der Waals surface area contributed by atoms with E-state index in [1.54, 1.807) is 13.8 Å². The number of hydrogen-bond acceptors (Lipinski definition) is 9. The Morgan fingerprint density at radius 2 is 2.32 bits per heavy atom. The van der Waals surface area contributed by atoms with Crippen molar-refractivity contribution in [3.05, 3.63) is 16.7 Å². The molecule has 0 saturated carbocycles. The van der Waals surface area contributed by atoms with Crippen LogP contribution in [0.15, 0.2) is 11.1 Å². The van der Waals surface area contributed by atoms with Crippen molar-refractivity contribution in [1.29, 1.82) is 0 Å². The van der Waals surface area contributed by atoms with E-state index >= 15 is 0 Å². The summed E-state index contributed by atoms with van der Waals surface area (Å²) in [7, 11) is 0. The van der Waals surface area contributed by atoms with Crippen LogP contribution in [0, 0.1) is 5.92 Å².